The first-order chi connectivity index (χ1) is 8.38. The van der Waals surface area contributed by atoms with E-state index >= 15 is 0 Å². The van der Waals surface area contributed by atoms with Crippen LogP contribution >= 0.6 is 0 Å². The lowest BCUT2D eigenvalue weighted by atomic mass is 10.3. The van der Waals surface area contributed by atoms with Crippen molar-refractivity contribution in [2.75, 3.05) is 19.6 Å². The highest BCUT2D eigenvalue weighted by molar-refractivity contribution is 5.03. The first kappa shape index (κ1) is 12.5. The second-order valence-corrected chi connectivity index (χ2v) is 4.77. The molecule has 2 rings (SSSR count). The van der Waals surface area contributed by atoms with Crippen molar-refractivity contribution >= 4 is 0 Å². The molecule has 1 aromatic heterocycles. The van der Waals surface area contributed by atoms with Gasteiger partial charge in [0.15, 0.2) is 0 Å². The molecule has 17 heavy (non-hydrogen) atoms. The molecule has 0 amide bonds. The molecule has 94 valence electrons. The van der Waals surface area contributed by atoms with E-state index in [9.17, 15) is 0 Å². The Hall–Kier alpha value is -0.930. The van der Waals surface area contributed by atoms with Crippen LogP contribution in [0, 0.1) is 0 Å². The van der Waals surface area contributed by atoms with E-state index in [1.165, 1.54) is 25.0 Å². The van der Waals surface area contributed by atoms with Crippen molar-refractivity contribution < 1.29 is 0 Å². The minimum Gasteiger partial charge on any atom is -0.314 e. The van der Waals surface area contributed by atoms with E-state index in [1.54, 1.807) is 0 Å². The van der Waals surface area contributed by atoms with Crippen LogP contribution in [0.25, 0.3) is 0 Å². The highest BCUT2D eigenvalue weighted by Crippen LogP contribution is 2.18. The third kappa shape index (κ3) is 4.84. The molecule has 0 aromatic carbocycles. The molecule has 0 bridgehead atoms. The number of pyridine rings is 1. The van der Waals surface area contributed by atoms with Crippen molar-refractivity contribution in [3.05, 3.63) is 30.1 Å². The van der Waals surface area contributed by atoms with Crippen molar-refractivity contribution in [3.63, 3.8) is 0 Å². The Morgan fingerprint density at radius 1 is 1.41 bits per heavy atom. The smallest absolute Gasteiger partial charge is 0.0543 e. The zero-order valence-electron chi connectivity index (χ0n) is 10.7. The molecule has 1 aromatic rings. The van der Waals surface area contributed by atoms with E-state index in [1.807, 2.05) is 12.3 Å². The molecule has 0 atom stereocenters. The molecule has 1 saturated carbocycles. The molecule has 1 N–H and O–H groups in total. The number of rotatable bonds is 8. The Morgan fingerprint density at radius 2 is 2.29 bits per heavy atom. The lowest BCUT2D eigenvalue weighted by Crippen LogP contribution is -2.28. The largest absolute Gasteiger partial charge is 0.314 e. The first-order valence-corrected chi connectivity index (χ1v) is 6.74. The second-order valence-electron chi connectivity index (χ2n) is 4.77. The molecule has 1 aliphatic rings. The fraction of sp³-hybridized carbons (Fsp3) is 0.643. The molecule has 1 fully saturated rings. The van der Waals surface area contributed by atoms with Crippen LogP contribution in [0.5, 0.6) is 0 Å². The number of aromatic nitrogens is 1. The molecule has 0 saturated heterocycles. The third-order valence-corrected chi connectivity index (χ3v) is 3.22. The zero-order chi connectivity index (χ0) is 11.9. The minimum atomic E-state index is 0.834. The summed E-state index contributed by atoms with van der Waals surface area (Å²) < 4.78 is 0. The maximum atomic E-state index is 4.38. The molecular weight excluding hydrogens is 210 g/mol. The Bertz CT molecular complexity index is 309. The molecular formula is C14H23N3. The van der Waals surface area contributed by atoms with Crippen LogP contribution in [-0.4, -0.2) is 35.6 Å². The van der Waals surface area contributed by atoms with E-state index in [4.69, 9.17) is 0 Å². The van der Waals surface area contributed by atoms with Gasteiger partial charge in [-0.15, -0.1) is 0 Å². The fourth-order valence-corrected chi connectivity index (χ4v) is 1.97. The van der Waals surface area contributed by atoms with Crippen LogP contribution in [0.1, 0.15) is 31.9 Å². The summed E-state index contributed by atoms with van der Waals surface area (Å²) in [5.74, 6) is 0. The molecule has 0 unspecified atom stereocenters. The van der Waals surface area contributed by atoms with E-state index in [-0.39, 0.29) is 0 Å². The summed E-state index contributed by atoms with van der Waals surface area (Å²) in [7, 11) is 0. The Kier molecular flexibility index (Phi) is 4.95. The van der Waals surface area contributed by atoms with Crippen LogP contribution in [0.4, 0.5) is 0 Å². The summed E-state index contributed by atoms with van der Waals surface area (Å²) in [5, 5.41) is 3.56. The van der Waals surface area contributed by atoms with Gasteiger partial charge in [0.25, 0.3) is 0 Å². The van der Waals surface area contributed by atoms with Crippen molar-refractivity contribution in [3.8, 4) is 0 Å². The average Bonchev–Trinajstić information content (AvgIpc) is 3.18. The lowest BCUT2D eigenvalue weighted by molar-refractivity contribution is 0.271. The van der Waals surface area contributed by atoms with Gasteiger partial charge in [-0.2, -0.15) is 0 Å². The van der Waals surface area contributed by atoms with Gasteiger partial charge in [-0.1, -0.05) is 13.0 Å². The topological polar surface area (TPSA) is 28.2 Å². The summed E-state index contributed by atoms with van der Waals surface area (Å²) in [6, 6.07) is 6.97. The van der Waals surface area contributed by atoms with Crippen molar-refractivity contribution in [1.82, 2.24) is 15.2 Å². The van der Waals surface area contributed by atoms with Gasteiger partial charge in [0, 0.05) is 18.8 Å². The quantitative estimate of drug-likeness (QED) is 0.697. The first-order valence-electron chi connectivity index (χ1n) is 6.74. The minimum absolute atomic E-state index is 0.834. The molecule has 0 aliphatic heterocycles. The van der Waals surface area contributed by atoms with Crippen LogP contribution < -0.4 is 5.32 Å². The number of hydrogen-bond acceptors (Lipinski definition) is 3. The highest BCUT2D eigenvalue weighted by Gasteiger charge is 2.19. The maximum Gasteiger partial charge on any atom is 0.0543 e. The van der Waals surface area contributed by atoms with Crippen molar-refractivity contribution in [2.45, 2.75) is 38.8 Å². The zero-order valence-corrected chi connectivity index (χ0v) is 10.7. The van der Waals surface area contributed by atoms with Gasteiger partial charge in [-0.25, -0.2) is 0 Å². The molecule has 1 aliphatic carbocycles. The molecule has 0 spiro atoms. The van der Waals surface area contributed by atoms with Gasteiger partial charge in [0.05, 0.1) is 5.69 Å². The number of hydrogen-bond donors (Lipinski definition) is 1. The van der Waals surface area contributed by atoms with Gasteiger partial charge in [-0.05, 0) is 51.0 Å². The van der Waals surface area contributed by atoms with Gasteiger partial charge in [0.2, 0.25) is 0 Å². The SMILES string of the molecule is CCN(CCCNC1CC1)Cc1ccccn1. The highest BCUT2D eigenvalue weighted by atomic mass is 15.1. The van der Waals surface area contributed by atoms with E-state index in [2.05, 4.69) is 34.3 Å². The summed E-state index contributed by atoms with van der Waals surface area (Å²) >= 11 is 0. The average molecular weight is 233 g/mol. The Labute approximate surface area is 104 Å². The summed E-state index contributed by atoms with van der Waals surface area (Å²) in [6.07, 6.45) is 5.87. The van der Waals surface area contributed by atoms with Crippen LogP contribution in [0.3, 0.4) is 0 Å². The van der Waals surface area contributed by atoms with Crippen molar-refractivity contribution in [1.29, 1.82) is 0 Å². The summed E-state index contributed by atoms with van der Waals surface area (Å²) in [6.45, 7) is 6.61. The predicted molar refractivity (Wildman–Crippen MR) is 70.8 cm³/mol. The van der Waals surface area contributed by atoms with Crippen LogP contribution in [0.2, 0.25) is 0 Å². The van der Waals surface area contributed by atoms with Gasteiger partial charge >= 0.3 is 0 Å². The van der Waals surface area contributed by atoms with Gasteiger partial charge < -0.3 is 5.32 Å². The fourth-order valence-electron chi connectivity index (χ4n) is 1.97. The van der Waals surface area contributed by atoms with Gasteiger partial charge in [0.1, 0.15) is 0 Å². The predicted octanol–water partition coefficient (Wildman–Crippen LogP) is 2.05. The van der Waals surface area contributed by atoms with E-state index in [0.29, 0.717) is 0 Å². The molecule has 3 nitrogen and oxygen atoms in total. The molecule has 0 radical (unpaired) electrons. The lowest BCUT2D eigenvalue weighted by Gasteiger charge is -2.19. The van der Waals surface area contributed by atoms with Crippen LogP contribution in [0.15, 0.2) is 24.4 Å². The maximum absolute atomic E-state index is 4.38. The van der Waals surface area contributed by atoms with Gasteiger partial charge in [-0.3, -0.25) is 9.88 Å². The van der Waals surface area contributed by atoms with E-state index in [0.717, 1.165) is 32.2 Å². The normalized spacial score (nSPS) is 15.4. The summed E-state index contributed by atoms with van der Waals surface area (Å²) in [5.41, 5.74) is 1.17. The molecule has 3 heteroatoms. The van der Waals surface area contributed by atoms with Crippen LogP contribution in [-0.2, 0) is 6.54 Å². The third-order valence-electron chi connectivity index (χ3n) is 3.22. The standard InChI is InChI=1S/C14H23N3/c1-2-17(11-5-10-15-13-7-8-13)12-14-6-3-4-9-16-14/h3-4,6,9,13,15H,2,5,7-8,10-12H2,1H3. The van der Waals surface area contributed by atoms with E-state index < -0.39 is 0 Å². The number of nitrogens with zero attached hydrogens (tertiary/aromatic N) is 2. The second kappa shape index (κ2) is 6.72. The van der Waals surface area contributed by atoms with Crippen molar-refractivity contribution in [2.24, 2.45) is 0 Å². The Morgan fingerprint density at radius 3 is 2.94 bits per heavy atom. The summed E-state index contributed by atoms with van der Waals surface area (Å²) in [4.78, 5) is 6.83. The monoisotopic (exact) mass is 233 g/mol. The Balaban J connectivity index is 1.65. The molecule has 1 heterocycles. The number of nitrogens with one attached hydrogen (secondary N) is 1.